The summed E-state index contributed by atoms with van der Waals surface area (Å²) in [5.41, 5.74) is 1.79. The van der Waals surface area contributed by atoms with Crippen molar-refractivity contribution in [2.45, 2.75) is 25.8 Å². The molecule has 0 spiro atoms. The summed E-state index contributed by atoms with van der Waals surface area (Å²) in [4.78, 5) is 15.1. The fraction of sp³-hybridized carbons (Fsp3) is 0.353. The number of rotatable bonds is 4. The van der Waals surface area contributed by atoms with E-state index < -0.39 is 0 Å². The molecule has 2 heterocycles. The summed E-state index contributed by atoms with van der Waals surface area (Å²) in [6, 6.07) is 10.4. The summed E-state index contributed by atoms with van der Waals surface area (Å²) < 4.78 is 0. The van der Waals surface area contributed by atoms with Gasteiger partial charge < -0.3 is 10.2 Å². The molecule has 116 valence electrons. The molecule has 1 aliphatic rings. The Hall–Kier alpha value is -1.36. The number of hydrogen-bond acceptors (Lipinski definition) is 2. The fourth-order valence-corrected chi connectivity index (χ4v) is 4.28. The summed E-state index contributed by atoms with van der Waals surface area (Å²) in [6.45, 7) is 3.53. The molecule has 1 saturated heterocycles. The minimum Gasteiger partial charge on any atom is -0.320 e. The zero-order chi connectivity index (χ0) is 15.5. The number of anilines is 1. The van der Waals surface area contributed by atoms with Gasteiger partial charge in [-0.3, -0.25) is 4.79 Å². The molecule has 1 amide bonds. The molecule has 2 aromatic rings. The molecule has 2 N–H and O–H groups in total. The van der Waals surface area contributed by atoms with E-state index in [9.17, 15) is 4.79 Å². The van der Waals surface area contributed by atoms with Gasteiger partial charge in [0.15, 0.2) is 6.54 Å². The Morgan fingerprint density at radius 1 is 1.45 bits per heavy atom. The van der Waals surface area contributed by atoms with Gasteiger partial charge in [0, 0.05) is 12.8 Å². The smallest absolute Gasteiger partial charge is 0.279 e. The van der Waals surface area contributed by atoms with E-state index in [0.29, 0.717) is 23.3 Å². The monoisotopic (exact) mass is 335 g/mol. The maximum Gasteiger partial charge on any atom is 0.279 e. The molecule has 3 rings (SSSR count). The minimum atomic E-state index is 0.0317. The number of thiophene rings is 1. The van der Waals surface area contributed by atoms with Crippen molar-refractivity contribution in [3.8, 4) is 0 Å². The van der Waals surface area contributed by atoms with Crippen molar-refractivity contribution in [1.82, 2.24) is 0 Å². The van der Waals surface area contributed by atoms with Gasteiger partial charge in [-0.1, -0.05) is 23.7 Å². The molecule has 2 atom stereocenters. The second kappa shape index (κ2) is 6.82. The van der Waals surface area contributed by atoms with Gasteiger partial charge in [-0.25, -0.2) is 0 Å². The van der Waals surface area contributed by atoms with Crippen LogP contribution in [-0.4, -0.2) is 19.0 Å². The Bertz CT molecular complexity index is 657. The van der Waals surface area contributed by atoms with Crippen LogP contribution in [0.1, 0.15) is 29.3 Å². The first-order chi connectivity index (χ1) is 10.6. The number of quaternary nitrogens is 1. The lowest BCUT2D eigenvalue weighted by atomic mass is 10.2. The van der Waals surface area contributed by atoms with E-state index in [1.165, 1.54) is 16.2 Å². The molecule has 1 aromatic heterocycles. The van der Waals surface area contributed by atoms with Gasteiger partial charge in [0.25, 0.3) is 5.91 Å². The zero-order valence-corrected chi connectivity index (χ0v) is 14.1. The average Bonchev–Trinajstić information content (AvgIpc) is 3.12. The lowest BCUT2D eigenvalue weighted by molar-refractivity contribution is -0.910. The number of halogens is 1. The van der Waals surface area contributed by atoms with Crippen LogP contribution in [0.25, 0.3) is 0 Å². The molecule has 5 heteroatoms. The standard InChI is InChI=1S/C17H19ClN2OS/c1-12-6-7-14(13(18)10-12)19-17(21)11-20-8-2-4-15(20)16-5-3-9-22-16/h3,5-7,9-10,15H,2,4,8,11H2,1H3,(H,19,21)/p+1/t15-/m0/s1. The van der Waals surface area contributed by atoms with Gasteiger partial charge in [-0.05, 0) is 36.1 Å². The summed E-state index contributed by atoms with van der Waals surface area (Å²) in [5, 5.41) is 5.65. The third kappa shape index (κ3) is 3.51. The number of likely N-dealkylation sites (tertiary alicyclic amines) is 1. The highest BCUT2D eigenvalue weighted by Gasteiger charge is 2.32. The van der Waals surface area contributed by atoms with Crippen molar-refractivity contribution >= 4 is 34.5 Å². The Balaban J connectivity index is 1.64. The van der Waals surface area contributed by atoms with Crippen LogP contribution in [0.2, 0.25) is 5.02 Å². The molecule has 1 unspecified atom stereocenters. The van der Waals surface area contributed by atoms with Gasteiger partial charge >= 0.3 is 0 Å². The third-order valence-corrected chi connectivity index (χ3v) is 5.46. The second-order valence-electron chi connectivity index (χ2n) is 5.83. The van der Waals surface area contributed by atoms with Crippen molar-refractivity contribution in [2.24, 2.45) is 0 Å². The Labute approximate surface area is 139 Å². The first-order valence-electron chi connectivity index (χ1n) is 7.57. The number of carbonyl (C=O) groups is 1. The predicted molar refractivity (Wildman–Crippen MR) is 91.8 cm³/mol. The number of aryl methyl sites for hydroxylation is 1. The molecule has 3 nitrogen and oxygen atoms in total. The van der Waals surface area contributed by atoms with Crippen molar-refractivity contribution in [1.29, 1.82) is 0 Å². The SMILES string of the molecule is Cc1ccc(NC(=O)C[NH+]2CCC[C@H]2c2cccs2)c(Cl)c1. The molecule has 1 fully saturated rings. The van der Waals surface area contributed by atoms with Crippen molar-refractivity contribution in [2.75, 3.05) is 18.4 Å². The number of benzene rings is 1. The predicted octanol–water partition coefficient (Wildman–Crippen LogP) is 3.07. The van der Waals surface area contributed by atoms with Crippen molar-refractivity contribution in [3.63, 3.8) is 0 Å². The van der Waals surface area contributed by atoms with Gasteiger partial charge in [0.1, 0.15) is 6.04 Å². The van der Waals surface area contributed by atoms with Crippen LogP contribution in [-0.2, 0) is 4.79 Å². The van der Waals surface area contributed by atoms with E-state index in [0.717, 1.165) is 18.5 Å². The van der Waals surface area contributed by atoms with Crippen LogP contribution in [0.3, 0.4) is 0 Å². The largest absolute Gasteiger partial charge is 0.320 e. The van der Waals surface area contributed by atoms with Gasteiger partial charge in [-0.15, -0.1) is 11.3 Å². The summed E-state index contributed by atoms with van der Waals surface area (Å²) in [7, 11) is 0. The molecular formula is C17H20ClN2OS+. The van der Waals surface area contributed by atoms with E-state index >= 15 is 0 Å². The van der Waals surface area contributed by atoms with Crippen LogP contribution in [0.15, 0.2) is 35.7 Å². The average molecular weight is 336 g/mol. The van der Waals surface area contributed by atoms with E-state index in [4.69, 9.17) is 11.6 Å². The first kappa shape index (κ1) is 15.5. The quantitative estimate of drug-likeness (QED) is 0.884. The Kier molecular flexibility index (Phi) is 4.81. The summed E-state index contributed by atoms with van der Waals surface area (Å²) in [5.74, 6) is 0.0317. The summed E-state index contributed by atoms with van der Waals surface area (Å²) >= 11 is 7.97. The van der Waals surface area contributed by atoms with Crippen molar-refractivity contribution < 1.29 is 9.69 Å². The normalized spacial score (nSPS) is 21.0. The van der Waals surface area contributed by atoms with Gasteiger partial charge in [0.05, 0.1) is 22.1 Å². The lowest BCUT2D eigenvalue weighted by Crippen LogP contribution is -3.11. The molecular weight excluding hydrogens is 316 g/mol. The summed E-state index contributed by atoms with van der Waals surface area (Å²) in [6.07, 6.45) is 2.34. The molecule has 22 heavy (non-hydrogen) atoms. The molecule has 1 aromatic carbocycles. The van der Waals surface area contributed by atoms with Crippen LogP contribution in [0.4, 0.5) is 5.69 Å². The second-order valence-corrected chi connectivity index (χ2v) is 7.21. The molecule has 0 bridgehead atoms. The maximum absolute atomic E-state index is 12.3. The number of amides is 1. The topological polar surface area (TPSA) is 33.5 Å². The number of carbonyl (C=O) groups excluding carboxylic acids is 1. The van der Waals surface area contributed by atoms with Crippen LogP contribution in [0.5, 0.6) is 0 Å². The first-order valence-corrected chi connectivity index (χ1v) is 8.83. The Morgan fingerprint density at radius 2 is 2.32 bits per heavy atom. The number of hydrogen-bond donors (Lipinski definition) is 2. The highest BCUT2D eigenvalue weighted by molar-refractivity contribution is 7.10. The van der Waals surface area contributed by atoms with E-state index in [2.05, 4.69) is 22.8 Å². The van der Waals surface area contributed by atoms with Gasteiger partial charge in [-0.2, -0.15) is 0 Å². The van der Waals surface area contributed by atoms with E-state index in [-0.39, 0.29) is 5.91 Å². The highest BCUT2D eigenvalue weighted by atomic mass is 35.5. The minimum absolute atomic E-state index is 0.0317. The zero-order valence-electron chi connectivity index (χ0n) is 12.6. The molecule has 1 aliphatic heterocycles. The number of nitrogens with one attached hydrogen (secondary N) is 2. The molecule has 0 radical (unpaired) electrons. The Morgan fingerprint density at radius 3 is 3.05 bits per heavy atom. The molecule has 0 saturated carbocycles. The van der Waals surface area contributed by atoms with E-state index in [1.807, 2.05) is 25.1 Å². The maximum atomic E-state index is 12.3. The van der Waals surface area contributed by atoms with Crippen LogP contribution >= 0.6 is 22.9 Å². The van der Waals surface area contributed by atoms with Crippen molar-refractivity contribution in [3.05, 3.63) is 51.2 Å². The molecule has 0 aliphatic carbocycles. The van der Waals surface area contributed by atoms with Gasteiger partial charge in [0.2, 0.25) is 0 Å². The van der Waals surface area contributed by atoms with Crippen LogP contribution in [0, 0.1) is 6.92 Å². The lowest BCUT2D eigenvalue weighted by Gasteiger charge is -2.20. The fourth-order valence-electron chi connectivity index (χ4n) is 3.08. The third-order valence-electron chi connectivity index (χ3n) is 4.16. The van der Waals surface area contributed by atoms with E-state index in [1.54, 1.807) is 11.3 Å². The highest BCUT2D eigenvalue weighted by Crippen LogP contribution is 2.24. The van der Waals surface area contributed by atoms with Crippen LogP contribution < -0.4 is 10.2 Å².